The van der Waals surface area contributed by atoms with Crippen LogP contribution < -0.4 is 5.73 Å². The molecule has 0 radical (unpaired) electrons. The third kappa shape index (κ3) is 15.6. The van der Waals surface area contributed by atoms with Crippen molar-refractivity contribution in [2.24, 2.45) is 10.9 Å². The molecule has 210 valence electrons. The Balaban J connectivity index is 1.60. The molecule has 0 amide bonds. The largest absolute Gasteiger partial charge is 0.457 e. The standard InChI is InChI=1S/C30H52N4O3/c1-2-3-4-5-6-7-8-9-10-11-12-13-15-20-29(35)37-28(25-34-22-16-14-17-23-34)26-36-33-30(31)27-19-18-21-32-24-27/h18-19,21,24,28H,2-17,20,22-23,25-26H2,1H3,(H2,31,33). The Bertz CT molecular complexity index is 723. The van der Waals surface area contributed by atoms with Crippen molar-refractivity contribution in [2.75, 3.05) is 26.2 Å². The quantitative estimate of drug-likeness (QED) is 0.0651. The number of unbranched alkanes of at least 4 members (excludes halogenated alkanes) is 12. The number of ether oxygens (including phenoxy) is 1. The maximum Gasteiger partial charge on any atom is 0.306 e. The maximum absolute atomic E-state index is 12.5. The molecule has 1 saturated heterocycles. The summed E-state index contributed by atoms with van der Waals surface area (Å²) in [6.07, 6.45) is 23.9. The molecule has 1 aromatic heterocycles. The zero-order chi connectivity index (χ0) is 26.4. The number of piperidine rings is 1. The lowest BCUT2D eigenvalue weighted by molar-refractivity contribution is -0.153. The fourth-order valence-corrected chi connectivity index (χ4v) is 4.84. The van der Waals surface area contributed by atoms with Crippen LogP contribution in [0.4, 0.5) is 0 Å². The summed E-state index contributed by atoms with van der Waals surface area (Å²) in [6.45, 7) is 5.21. The number of hydrogen-bond donors (Lipinski definition) is 1. The third-order valence-corrected chi connectivity index (χ3v) is 7.07. The number of amidine groups is 1. The molecule has 1 aromatic rings. The topological polar surface area (TPSA) is 90.0 Å². The summed E-state index contributed by atoms with van der Waals surface area (Å²) in [6, 6.07) is 3.63. The lowest BCUT2D eigenvalue weighted by Crippen LogP contribution is -2.40. The van der Waals surface area contributed by atoms with Gasteiger partial charge in [-0.2, -0.15) is 0 Å². The number of pyridine rings is 1. The highest BCUT2D eigenvalue weighted by Crippen LogP contribution is 2.14. The molecule has 0 aromatic carbocycles. The van der Waals surface area contributed by atoms with Gasteiger partial charge in [-0.25, -0.2) is 0 Å². The second-order valence-electron chi connectivity index (χ2n) is 10.5. The Hall–Kier alpha value is -2.15. The van der Waals surface area contributed by atoms with E-state index in [0.29, 0.717) is 18.5 Å². The molecule has 37 heavy (non-hydrogen) atoms. The van der Waals surface area contributed by atoms with E-state index in [1.807, 2.05) is 6.07 Å². The lowest BCUT2D eigenvalue weighted by Gasteiger charge is -2.29. The van der Waals surface area contributed by atoms with Crippen LogP contribution in [0.3, 0.4) is 0 Å². The van der Waals surface area contributed by atoms with Crippen molar-refractivity contribution < 1.29 is 14.4 Å². The summed E-state index contributed by atoms with van der Waals surface area (Å²) in [4.78, 5) is 24.5. The van der Waals surface area contributed by atoms with Gasteiger partial charge in [0, 0.05) is 30.9 Å². The second-order valence-corrected chi connectivity index (χ2v) is 10.5. The Kier molecular flexibility index (Phi) is 17.5. The molecule has 7 nitrogen and oxygen atoms in total. The first-order chi connectivity index (χ1) is 18.2. The Morgan fingerprint density at radius 3 is 2.19 bits per heavy atom. The van der Waals surface area contributed by atoms with Gasteiger partial charge in [0.15, 0.2) is 18.5 Å². The third-order valence-electron chi connectivity index (χ3n) is 7.07. The molecule has 2 rings (SSSR count). The highest BCUT2D eigenvalue weighted by atomic mass is 16.6. The SMILES string of the molecule is CCCCCCCCCCCCCCCC(=O)OC(CO/N=C(/N)c1cccnc1)CN1CCCCC1. The first-order valence-corrected chi connectivity index (χ1v) is 15.0. The van der Waals surface area contributed by atoms with Gasteiger partial charge in [0.1, 0.15) is 0 Å². The van der Waals surface area contributed by atoms with Gasteiger partial charge in [-0.3, -0.25) is 14.7 Å². The Morgan fingerprint density at radius 1 is 0.973 bits per heavy atom. The fourth-order valence-electron chi connectivity index (χ4n) is 4.84. The van der Waals surface area contributed by atoms with Gasteiger partial charge in [-0.05, 0) is 44.5 Å². The summed E-state index contributed by atoms with van der Waals surface area (Å²) in [5.74, 6) is 0.126. The molecule has 1 unspecified atom stereocenters. The number of nitrogens with zero attached hydrogens (tertiary/aromatic N) is 3. The van der Waals surface area contributed by atoms with Gasteiger partial charge in [0.05, 0.1) is 0 Å². The number of carbonyl (C=O) groups is 1. The number of aromatic nitrogens is 1. The van der Waals surface area contributed by atoms with E-state index in [0.717, 1.165) is 25.9 Å². The maximum atomic E-state index is 12.5. The number of oxime groups is 1. The molecule has 2 heterocycles. The van der Waals surface area contributed by atoms with Crippen molar-refractivity contribution in [1.82, 2.24) is 9.88 Å². The Morgan fingerprint density at radius 2 is 1.59 bits per heavy atom. The van der Waals surface area contributed by atoms with Crippen LogP contribution in [-0.4, -0.2) is 54.0 Å². The normalized spacial score (nSPS) is 15.4. The minimum absolute atomic E-state index is 0.141. The van der Waals surface area contributed by atoms with Crippen molar-refractivity contribution in [1.29, 1.82) is 0 Å². The van der Waals surface area contributed by atoms with Gasteiger partial charge >= 0.3 is 5.97 Å². The highest BCUT2D eigenvalue weighted by molar-refractivity contribution is 5.96. The van der Waals surface area contributed by atoms with E-state index in [1.54, 1.807) is 18.5 Å². The molecular formula is C30H52N4O3. The molecule has 2 N–H and O–H groups in total. The van der Waals surface area contributed by atoms with E-state index in [4.69, 9.17) is 15.3 Å². The van der Waals surface area contributed by atoms with E-state index < -0.39 is 0 Å². The predicted molar refractivity (Wildman–Crippen MR) is 151 cm³/mol. The fraction of sp³-hybridized carbons (Fsp3) is 0.767. The Labute approximate surface area is 225 Å². The van der Waals surface area contributed by atoms with Crippen LogP contribution in [0.25, 0.3) is 0 Å². The van der Waals surface area contributed by atoms with Crippen LogP contribution in [0.15, 0.2) is 29.7 Å². The number of rotatable bonds is 21. The summed E-state index contributed by atoms with van der Waals surface area (Å²) in [7, 11) is 0. The van der Waals surface area contributed by atoms with Crippen LogP contribution in [0.1, 0.15) is 122 Å². The van der Waals surface area contributed by atoms with Crippen molar-refractivity contribution >= 4 is 11.8 Å². The van der Waals surface area contributed by atoms with Crippen molar-refractivity contribution in [3.8, 4) is 0 Å². The monoisotopic (exact) mass is 516 g/mol. The van der Waals surface area contributed by atoms with E-state index in [2.05, 4.69) is 22.0 Å². The summed E-state index contributed by atoms with van der Waals surface area (Å²) in [5.41, 5.74) is 6.70. The van der Waals surface area contributed by atoms with Gasteiger partial charge in [0.2, 0.25) is 0 Å². The smallest absolute Gasteiger partial charge is 0.306 e. The van der Waals surface area contributed by atoms with E-state index in [9.17, 15) is 4.79 Å². The average molecular weight is 517 g/mol. The van der Waals surface area contributed by atoms with E-state index in [-0.39, 0.29) is 24.5 Å². The number of nitrogens with two attached hydrogens (primary N) is 1. The first-order valence-electron chi connectivity index (χ1n) is 15.0. The molecule has 1 atom stereocenters. The molecule has 0 aliphatic carbocycles. The number of esters is 1. The molecular weight excluding hydrogens is 464 g/mol. The van der Waals surface area contributed by atoms with Crippen molar-refractivity contribution in [3.05, 3.63) is 30.1 Å². The number of likely N-dealkylation sites (tertiary alicyclic amines) is 1. The summed E-state index contributed by atoms with van der Waals surface area (Å²) in [5, 5.41) is 4.02. The minimum Gasteiger partial charge on any atom is -0.457 e. The van der Waals surface area contributed by atoms with Crippen LogP contribution in [-0.2, 0) is 14.4 Å². The van der Waals surface area contributed by atoms with Gasteiger partial charge in [-0.15, -0.1) is 0 Å². The molecule has 1 aliphatic rings. The molecule has 0 saturated carbocycles. The second kappa shape index (κ2) is 20.9. The number of hydrogen-bond acceptors (Lipinski definition) is 6. The van der Waals surface area contributed by atoms with Crippen molar-refractivity contribution in [3.63, 3.8) is 0 Å². The summed E-state index contributed by atoms with van der Waals surface area (Å²) < 4.78 is 5.82. The van der Waals surface area contributed by atoms with Crippen LogP contribution >= 0.6 is 0 Å². The van der Waals surface area contributed by atoms with Crippen LogP contribution in [0, 0.1) is 0 Å². The summed E-state index contributed by atoms with van der Waals surface area (Å²) >= 11 is 0. The molecule has 0 spiro atoms. The van der Waals surface area contributed by atoms with E-state index in [1.165, 1.54) is 89.9 Å². The molecule has 1 aliphatic heterocycles. The number of carbonyl (C=O) groups excluding carboxylic acids is 1. The first kappa shape index (κ1) is 31.1. The minimum atomic E-state index is -0.349. The van der Waals surface area contributed by atoms with Gasteiger partial charge < -0.3 is 15.3 Å². The highest BCUT2D eigenvalue weighted by Gasteiger charge is 2.21. The zero-order valence-electron chi connectivity index (χ0n) is 23.4. The zero-order valence-corrected chi connectivity index (χ0v) is 23.4. The van der Waals surface area contributed by atoms with E-state index >= 15 is 0 Å². The lowest BCUT2D eigenvalue weighted by atomic mass is 10.0. The van der Waals surface area contributed by atoms with Crippen molar-refractivity contribution in [2.45, 2.75) is 122 Å². The van der Waals surface area contributed by atoms with Gasteiger partial charge in [0.25, 0.3) is 0 Å². The molecule has 0 bridgehead atoms. The molecule has 1 fully saturated rings. The van der Waals surface area contributed by atoms with Crippen LogP contribution in [0.2, 0.25) is 0 Å². The predicted octanol–water partition coefficient (Wildman–Crippen LogP) is 6.60. The average Bonchev–Trinajstić information content (AvgIpc) is 2.92. The van der Waals surface area contributed by atoms with Crippen LogP contribution in [0.5, 0.6) is 0 Å². The van der Waals surface area contributed by atoms with Gasteiger partial charge in [-0.1, -0.05) is 95.6 Å². The molecule has 7 heteroatoms.